The van der Waals surface area contributed by atoms with Gasteiger partial charge in [0.15, 0.2) is 5.78 Å². The van der Waals surface area contributed by atoms with Gasteiger partial charge >= 0.3 is 6.18 Å². The Labute approximate surface area is 176 Å². The third-order valence-corrected chi connectivity index (χ3v) is 6.04. The van der Waals surface area contributed by atoms with Crippen molar-refractivity contribution >= 4 is 23.0 Å². The minimum absolute atomic E-state index is 0.0111. The molecule has 1 fully saturated rings. The zero-order chi connectivity index (χ0) is 21.6. The standard InChI is InChI=1S/C22H19ClF3NO3/c1-2-11-5-6-15(30-21-17(23)8-14(10-27-21)22(24,25)26)9-16(11)18-19(28)12-3-4-13(7-12)20(18)29/h5-6,8-10,12-13,28H,2-4,7H2,1H3/t12-,13-/m1/s1. The van der Waals surface area contributed by atoms with Gasteiger partial charge in [0.05, 0.1) is 11.1 Å². The minimum Gasteiger partial charge on any atom is -0.511 e. The lowest BCUT2D eigenvalue weighted by molar-refractivity contribution is -0.137. The summed E-state index contributed by atoms with van der Waals surface area (Å²) in [5, 5.41) is 10.4. The van der Waals surface area contributed by atoms with E-state index in [4.69, 9.17) is 16.3 Å². The van der Waals surface area contributed by atoms with E-state index in [1.807, 2.05) is 6.92 Å². The molecule has 2 atom stereocenters. The van der Waals surface area contributed by atoms with Crippen LogP contribution in [0.3, 0.4) is 0 Å². The van der Waals surface area contributed by atoms with Crippen LogP contribution < -0.4 is 4.74 Å². The molecular formula is C22H19ClF3NO3. The Hall–Kier alpha value is -2.54. The van der Waals surface area contributed by atoms with Gasteiger partial charge < -0.3 is 9.84 Å². The highest BCUT2D eigenvalue weighted by Crippen LogP contribution is 2.46. The van der Waals surface area contributed by atoms with Crippen molar-refractivity contribution in [3.8, 4) is 11.6 Å². The maximum Gasteiger partial charge on any atom is 0.417 e. The van der Waals surface area contributed by atoms with E-state index < -0.39 is 11.7 Å². The number of halogens is 4. The lowest BCUT2D eigenvalue weighted by Gasteiger charge is -2.23. The topological polar surface area (TPSA) is 59.4 Å². The van der Waals surface area contributed by atoms with E-state index in [-0.39, 0.29) is 40.0 Å². The molecule has 158 valence electrons. The lowest BCUT2D eigenvalue weighted by atomic mass is 9.81. The molecule has 1 aromatic heterocycles. The molecule has 2 aromatic rings. The number of hydrogen-bond donors (Lipinski definition) is 1. The first-order valence-corrected chi connectivity index (χ1v) is 10.1. The second-order valence-corrected chi connectivity index (χ2v) is 8.02. The molecule has 4 rings (SSSR count). The zero-order valence-electron chi connectivity index (χ0n) is 16.1. The Bertz CT molecular complexity index is 1050. The number of aromatic nitrogens is 1. The van der Waals surface area contributed by atoms with Gasteiger partial charge in [-0.25, -0.2) is 4.98 Å². The molecule has 1 saturated carbocycles. The van der Waals surface area contributed by atoms with Crippen LogP contribution in [-0.2, 0) is 17.4 Å². The van der Waals surface area contributed by atoms with E-state index in [9.17, 15) is 23.1 Å². The first-order valence-electron chi connectivity index (χ1n) is 9.70. The number of alkyl halides is 3. The molecule has 0 saturated heterocycles. The van der Waals surface area contributed by atoms with Crippen molar-refractivity contribution in [2.45, 2.75) is 38.8 Å². The van der Waals surface area contributed by atoms with Crippen molar-refractivity contribution in [1.29, 1.82) is 0 Å². The summed E-state index contributed by atoms with van der Waals surface area (Å²) in [6, 6.07) is 5.77. The second kappa shape index (κ2) is 7.61. The van der Waals surface area contributed by atoms with Crippen LogP contribution in [-0.4, -0.2) is 15.9 Å². The number of benzene rings is 1. The van der Waals surface area contributed by atoms with Crippen molar-refractivity contribution in [3.05, 3.63) is 57.9 Å². The molecule has 1 heterocycles. The maximum absolute atomic E-state index is 12.9. The number of carbonyl (C=O) groups excluding carboxylic acids is 1. The number of aliphatic hydroxyl groups is 1. The molecule has 0 aliphatic heterocycles. The molecule has 2 aliphatic carbocycles. The summed E-state index contributed by atoms with van der Waals surface area (Å²) >= 11 is 5.93. The molecular weight excluding hydrogens is 419 g/mol. The highest BCUT2D eigenvalue weighted by Gasteiger charge is 2.41. The van der Waals surface area contributed by atoms with Crippen molar-refractivity contribution in [2.75, 3.05) is 0 Å². The van der Waals surface area contributed by atoms with E-state index in [0.29, 0.717) is 30.2 Å². The summed E-state index contributed by atoms with van der Waals surface area (Å²) in [5.74, 6) is 0.0461. The van der Waals surface area contributed by atoms with Crippen molar-refractivity contribution < 1.29 is 27.8 Å². The molecule has 0 unspecified atom stereocenters. The van der Waals surface area contributed by atoms with Gasteiger partial charge in [0.25, 0.3) is 0 Å². The molecule has 2 aliphatic rings. The van der Waals surface area contributed by atoms with Gasteiger partial charge in [-0.1, -0.05) is 24.6 Å². The largest absolute Gasteiger partial charge is 0.511 e. The minimum atomic E-state index is -4.56. The average Bonchev–Trinajstić information content (AvgIpc) is 3.15. The predicted octanol–water partition coefficient (Wildman–Crippen LogP) is 6.38. The van der Waals surface area contributed by atoms with E-state index in [1.54, 1.807) is 18.2 Å². The zero-order valence-corrected chi connectivity index (χ0v) is 16.8. The fraction of sp³-hybridized carbons (Fsp3) is 0.364. The fourth-order valence-corrected chi connectivity index (χ4v) is 4.41. The first kappa shape index (κ1) is 20.7. The Morgan fingerprint density at radius 3 is 2.63 bits per heavy atom. The lowest BCUT2D eigenvalue weighted by Crippen LogP contribution is -2.22. The highest BCUT2D eigenvalue weighted by atomic mass is 35.5. The molecule has 30 heavy (non-hydrogen) atoms. The quantitative estimate of drug-likeness (QED) is 0.603. The third-order valence-electron chi connectivity index (χ3n) is 5.77. The summed E-state index contributed by atoms with van der Waals surface area (Å²) in [7, 11) is 0. The number of ketones is 1. The van der Waals surface area contributed by atoms with Crippen molar-refractivity contribution in [1.82, 2.24) is 4.98 Å². The number of allylic oxidation sites excluding steroid dienone is 2. The van der Waals surface area contributed by atoms with Crippen molar-refractivity contribution in [2.24, 2.45) is 11.8 Å². The van der Waals surface area contributed by atoms with Gasteiger partial charge in [-0.15, -0.1) is 0 Å². The van der Waals surface area contributed by atoms with Gasteiger partial charge in [0.1, 0.15) is 16.5 Å². The van der Waals surface area contributed by atoms with Gasteiger partial charge in [-0.2, -0.15) is 13.2 Å². The summed E-state index contributed by atoms with van der Waals surface area (Å²) in [4.78, 5) is 16.6. The smallest absolute Gasteiger partial charge is 0.417 e. The summed E-state index contributed by atoms with van der Waals surface area (Å²) in [6.07, 6.45) is -1.05. The predicted molar refractivity (Wildman–Crippen MR) is 106 cm³/mol. The number of nitrogens with zero attached hydrogens (tertiary/aromatic N) is 1. The van der Waals surface area contributed by atoms with Gasteiger partial charge in [-0.3, -0.25) is 4.79 Å². The fourth-order valence-electron chi connectivity index (χ4n) is 4.20. The molecule has 1 N–H and O–H groups in total. The van der Waals surface area contributed by atoms with Crippen molar-refractivity contribution in [3.63, 3.8) is 0 Å². The van der Waals surface area contributed by atoms with E-state index in [2.05, 4.69) is 4.98 Å². The first-order chi connectivity index (χ1) is 14.2. The molecule has 4 nitrogen and oxygen atoms in total. The van der Waals surface area contributed by atoms with Crippen LogP contribution in [0.25, 0.3) is 5.57 Å². The van der Waals surface area contributed by atoms with Crippen LogP contribution in [0.4, 0.5) is 13.2 Å². The average molecular weight is 438 g/mol. The number of pyridine rings is 1. The Morgan fingerprint density at radius 1 is 1.23 bits per heavy atom. The summed E-state index contributed by atoms with van der Waals surface area (Å²) < 4.78 is 44.1. The third kappa shape index (κ3) is 3.67. The SMILES string of the molecule is CCc1ccc(Oc2ncc(C(F)(F)F)cc2Cl)cc1C1=C(O)[C@@H]2CC[C@H](C2)C1=O. The van der Waals surface area contributed by atoms with E-state index in [0.717, 1.165) is 24.5 Å². The van der Waals surface area contributed by atoms with Crippen LogP contribution >= 0.6 is 11.6 Å². The summed E-state index contributed by atoms with van der Waals surface area (Å²) in [5.41, 5.74) is 0.796. The molecule has 0 amide bonds. The molecule has 2 bridgehead atoms. The molecule has 8 heteroatoms. The number of Topliss-reactive ketones (excluding diaryl/α,β-unsaturated/α-hetero) is 1. The van der Waals surface area contributed by atoms with Crippen LogP contribution in [0.2, 0.25) is 5.02 Å². The second-order valence-electron chi connectivity index (χ2n) is 7.61. The van der Waals surface area contributed by atoms with Gasteiger partial charge in [0, 0.05) is 18.0 Å². The normalized spacial score (nSPS) is 21.3. The van der Waals surface area contributed by atoms with E-state index >= 15 is 0 Å². The summed E-state index contributed by atoms with van der Waals surface area (Å²) in [6.45, 7) is 1.94. The van der Waals surface area contributed by atoms with Crippen LogP contribution in [0.5, 0.6) is 11.6 Å². The maximum atomic E-state index is 12.9. The van der Waals surface area contributed by atoms with Crippen LogP contribution in [0.1, 0.15) is 42.9 Å². The highest BCUT2D eigenvalue weighted by molar-refractivity contribution is 6.31. The monoisotopic (exact) mass is 437 g/mol. The number of hydrogen-bond acceptors (Lipinski definition) is 4. The number of fused-ring (bicyclic) bond motifs is 2. The number of aliphatic hydroxyl groups excluding tert-OH is 1. The number of aryl methyl sites for hydroxylation is 1. The van der Waals surface area contributed by atoms with Crippen LogP contribution in [0, 0.1) is 11.8 Å². The molecule has 1 aromatic carbocycles. The van der Waals surface area contributed by atoms with E-state index in [1.165, 1.54) is 0 Å². The van der Waals surface area contributed by atoms with Crippen LogP contribution in [0.15, 0.2) is 36.2 Å². The number of carbonyl (C=O) groups is 1. The van der Waals surface area contributed by atoms with Gasteiger partial charge in [0.2, 0.25) is 5.88 Å². The number of ether oxygens (including phenoxy) is 1. The Kier molecular flexibility index (Phi) is 5.26. The van der Waals surface area contributed by atoms with Gasteiger partial charge in [-0.05, 0) is 55.0 Å². The number of rotatable bonds is 4. The molecule has 0 radical (unpaired) electrons. The molecule has 0 spiro atoms. The Balaban J connectivity index is 1.71. The Morgan fingerprint density at radius 2 is 1.97 bits per heavy atom.